The molecule has 4 heteroatoms. The van der Waals surface area contributed by atoms with Gasteiger partial charge in [-0.1, -0.05) is 12.1 Å². The maximum atomic E-state index is 9.62. The largest absolute Gasteiger partial charge is 0.394 e. The van der Waals surface area contributed by atoms with Crippen molar-refractivity contribution in [3.63, 3.8) is 0 Å². The van der Waals surface area contributed by atoms with Crippen molar-refractivity contribution in [3.05, 3.63) is 28.7 Å². The van der Waals surface area contributed by atoms with Gasteiger partial charge in [0.2, 0.25) is 0 Å². The summed E-state index contributed by atoms with van der Waals surface area (Å²) in [5.74, 6) is 0. The average Bonchev–Trinajstić information content (AvgIpc) is 2.33. The molecule has 3 nitrogen and oxygen atoms in total. The van der Waals surface area contributed by atoms with E-state index in [1.807, 2.05) is 12.1 Å². The minimum absolute atomic E-state index is 0.112. The number of aliphatic hydroxyl groups excluding tert-OH is 1. The smallest absolute Gasteiger partial charge is 0.0649 e. The van der Waals surface area contributed by atoms with Gasteiger partial charge in [0.05, 0.1) is 18.3 Å². The first-order valence-electron chi connectivity index (χ1n) is 6.29. The summed E-state index contributed by atoms with van der Waals surface area (Å²) in [4.78, 5) is 4.63. The van der Waals surface area contributed by atoms with Gasteiger partial charge in [-0.25, -0.2) is 0 Å². The van der Waals surface area contributed by atoms with Gasteiger partial charge in [-0.3, -0.25) is 4.90 Å². The summed E-state index contributed by atoms with van der Waals surface area (Å²) in [6.07, 6.45) is 0. The van der Waals surface area contributed by atoms with Crippen LogP contribution < -0.4 is 4.90 Å². The molecule has 1 N–H and O–H groups in total. The number of halogens is 1. The summed E-state index contributed by atoms with van der Waals surface area (Å²) >= 11 is 3.60. The molecule has 1 aliphatic rings. The molecule has 1 heterocycles. The van der Waals surface area contributed by atoms with Crippen LogP contribution in [0.15, 0.2) is 28.7 Å². The molecule has 0 bridgehead atoms. The molecule has 0 saturated carbocycles. The van der Waals surface area contributed by atoms with Gasteiger partial charge in [0.1, 0.15) is 0 Å². The van der Waals surface area contributed by atoms with Gasteiger partial charge < -0.3 is 10.0 Å². The van der Waals surface area contributed by atoms with E-state index in [9.17, 15) is 5.11 Å². The lowest BCUT2D eigenvalue weighted by Crippen LogP contribution is -2.63. The van der Waals surface area contributed by atoms with Crippen molar-refractivity contribution in [2.45, 2.75) is 25.4 Å². The molecule has 0 amide bonds. The summed E-state index contributed by atoms with van der Waals surface area (Å²) < 4.78 is 1.09. The standard InChI is InChI=1S/C14H21BrN2O/c1-14(2)10-17(11(9-18)8-16(14)3)13-7-5-4-6-12(13)15/h4-7,11,18H,8-10H2,1-3H3. The van der Waals surface area contributed by atoms with Crippen molar-refractivity contribution in [2.75, 3.05) is 31.6 Å². The third kappa shape index (κ3) is 2.56. The van der Waals surface area contributed by atoms with Crippen LogP contribution in [0.3, 0.4) is 0 Å². The number of anilines is 1. The number of benzene rings is 1. The van der Waals surface area contributed by atoms with Gasteiger partial charge in [0, 0.05) is 23.1 Å². The third-order valence-corrected chi connectivity index (χ3v) is 4.56. The maximum absolute atomic E-state index is 9.62. The Bertz CT molecular complexity index is 422. The van der Waals surface area contributed by atoms with Crippen LogP contribution in [0.5, 0.6) is 0 Å². The first kappa shape index (κ1) is 13.8. The molecule has 2 rings (SSSR count). The van der Waals surface area contributed by atoms with Crippen molar-refractivity contribution >= 4 is 21.6 Å². The SMILES string of the molecule is CN1CC(CO)N(c2ccccc2Br)CC1(C)C. The van der Waals surface area contributed by atoms with Crippen molar-refractivity contribution in [1.82, 2.24) is 4.90 Å². The molecule has 1 atom stereocenters. The van der Waals surface area contributed by atoms with Crippen LogP contribution in [0.4, 0.5) is 5.69 Å². The van der Waals surface area contributed by atoms with E-state index in [2.05, 4.69) is 58.8 Å². The Morgan fingerprint density at radius 3 is 2.67 bits per heavy atom. The highest BCUT2D eigenvalue weighted by molar-refractivity contribution is 9.10. The van der Waals surface area contributed by atoms with Gasteiger partial charge in [-0.05, 0) is 49.0 Å². The van der Waals surface area contributed by atoms with Gasteiger partial charge in [0.25, 0.3) is 0 Å². The monoisotopic (exact) mass is 312 g/mol. The van der Waals surface area contributed by atoms with E-state index in [-0.39, 0.29) is 18.2 Å². The van der Waals surface area contributed by atoms with E-state index >= 15 is 0 Å². The zero-order chi connectivity index (χ0) is 13.3. The first-order valence-corrected chi connectivity index (χ1v) is 7.08. The Labute approximate surface area is 118 Å². The quantitative estimate of drug-likeness (QED) is 0.908. The second-order valence-electron chi connectivity index (χ2n) is 5.61. The Balaban J connectivity index is 2.33. The lowest BCUT2D eigenvalue weighted by atomic mass is 9.96. The zero-order valence-electron chi connectivity index (χ0n) is 11.2. The molecular weight excluding hydrogens is 292 g/mol. The number of rotatable bonds is 2. The van der Waals surface area contributed by atoms with Crippen LogP contribution in [0.25, 0.3) is 0 Å². The predicted molar refractivity (Wildman–Crippen MR) is 79.1 cm³/mol. The molecule has 1 aliphatic heterocycles. The minimum atomic E-state index is 0.112. The van der Waals surface area contributed by atoms with Crippen LogP contribution in [0.2, 0.25) is 0 Å². The number of nitrogens with zero attached hydrogens (tertiary/aromatic N) is 2. The van der Waals surface area contributed by atoms with Crippen LogP contribution >= 0.6 is 15.9 Å². The number of hydrogen-bond donors (Lipinski definition) is 1. The molecular formula is C14H21BrN2O. The molecule has 1 saturated heterocycles. The normalized spacial score (nSPS) is 24.3. The van der Waals surface area contributed by atoms with Gasteiger partial charge in [0.15, 0.2) is 0 Å². The maximum Gasteiger partial charge on any atom is 0.0649 e. The molecule has 0 aromatic heterocycles. The summed E-state index contributed by atoms with van der Waals surface area (Å²) in [5.41, 5.74) is 1.28. The highest BCUT2D eigenvalue weighted by atomic mass is 79.9. The van der Waals surface area contributed by atoms with Crippen molar-refractivity contribution in [3.8, 4) is 0 Å². The van der Waals surface area contributed by atoms with E-state index in [0.29, 0.717) is 0 Å². The Hall–Kier alpha value is -0.580. The van der Waals surface area contributed by atoms with Crippen molar-refractivity contribution in [2.24, 2.45) is 0 Å². The lowest BCUT2D eigenvalue weighted by Gasteiger charge is -2.50. The number of piperazine rings is 1. The van der Waals surface area contributed by atoms with E-state index in [1.54, 1.807) is 0 Å². The van der Waals surface area contributed by atoms with Gasteiger partial charge in [-0.2, -0.15) is 0 Å². The molecule has 0 aliphatic carbocycles. The number of likely N-dealkylation sites (N-methyl/N-ethyl adjacent to an activating group) is 1. The first-order chi connectivity index (χ1) is 8.45. The summed E-state index contributed by atoms with van der Waals surface area (Å²) in [7, 11) is 2.13. The van der Waals surface area contributed by atoms with Gasteiger partial charge in [-0.15, -0.1) is 0 Å². The number of para-hydroxylation sites is 1. The van der Waals surface area contributed by atoms with Crippen LogP contribution in [0.1, 0.15) is 13.8 Å². The Morgan fingerprint density at radius 1 is 1.39 bits per heavy atom. The molecule has 1 unspecified atom stereocenters. The van der Waals surface area contributed by atoms with Crippen molar-refractivity contribution in [1.29, 1.82) is 0 Å². The highest BCUT2D eigenvalue weighted by Gasteiger charge is 2.37. The second kappa shape index (κ2) is 5.19. The third-order valence-electron chi connectivity index (χ3n) is 3.89. The summed E-state index contributed by atoms with van der Waals surface area (Å²) in [6, 6.07) is 8.37. The minimum Gasteiger partial charge on any atom is -0.394 e. The Kier molecular flexibility index (Phi) is 3.99. The van der Waals surface area contributed by atoms with E-state index in [0.717, 1.165) is 23.2 Å². The van der Waals surface area contributed by atoms with Crippen LogP contribution in [-0.4, -0.2) is 48.3 Å². The average molecular weight is 313 g/mol. The fourth-order valence-electron chi connectivity index (χ4n) is 2.45. The van der Waals surface area contributed by atoms with E-state index in [4.69, 9.17) is 0 Å². The fraction of sp³-hybridized carbons (Fsp3) is 0.571. The lowest BCUT2D eigenvalue weighted by molar-refractivity contribution is 0.0932. The number of aliphatic hydroxyl groups is 1. The van der Waals surface area contributed by atoms with Crippen molar-refractivity contribution < 1.29 is 5.11 Å². The molecule has 1 fully saturated rings. The second-order valence-corrected chi connectivity index (χ2v) is 6.46. The summed E-state index contributed by atoms with van der Waals surface area (Å²) in [5, 5.41) is 9.62. The van der Waals surface area contributed by atoms with Crippen LogP contribution in [0, 0.1) is 0 Å². The van der Waals surface area contributed by atoms with Gasteiger partial charge >= 0.3 is 0 Å². The molecule has 1 aromatic rings. The molecule has 100 valence electrons. The highest BCUT2D eigenvalue weighted by Crippen LogP contribution is 2.32. The van der Waals surface area contributed by atoms with E-state index in [1.165, 1.54) is 0 Å². The van der Waals surface area contributed by atoms with E-state index < -0.39 is 0 Å². The topological polar surface area (TPSA) is 26.7 Å². The molecule has 0 spiro atoms. The predicted octanol–water partition coefficient (Wildman–Crippen LogP) is 2.34. The van der Waals surface area contributed by atoms with Crippen LogP contribution in [-0.2, 0) is 0 Å². The zero-order valence-corrected chi connectivity index (χ0v) is 12.8. The summed E-state index contributed by atoms with van der Waals surface area (Å²) in [6.45, 7) is 6.46. The fourth-order valence-corrected chi connectivity index (χ4v) is 2.96. The number of hydrogen-bond acceptors (Lipinski definition) is 3. The Morgan fingerprint density at radius 2 is 2.06 bits per heavy atom. The molecule has 18 heavy (non-hydrogen) atoms. The molecule has 1 aromatic carbocycles. The molecule has 0 radical (unpaired) electrons.